The van der Waals surface area contributed by atoms with E-state index in [-0.39, 0.29) is 0 Å². The van der Waals surface area contributed by atoms with Crippen molar-refractivity contribution in [2.24, 2.45) is 0 Å². The van der Waals surface area contributed by atoms with Gasteiger partial charge in [0.05, 0.1) is 85.6 Å². The maximum Gasteiger partial charge on any atom is 0.0646 e. The number of fused-ring (bicyclic) bond motifs is 9. The predicted molar refractivity (Wildman–Crippen MR) is 215 cm³/mol. The Hall–Kier alpha value is -6.84. The minimum absolute atomic E-state index is 0.451. The molecular formula is C48H31N3. The van der Waals surface area contributed by atoms with Gasteiger partial charge in [0.2, 0.25) is 0 Å². The van der Waals surface area contributed by atoms with Crippen molar-refractivity contribution in [3.63, 3.8) is 0 Å². The Labute approximate surface area is 336 Å². The minimum atomic E-state index is -1.02. The van der Waals surface area contributed by atoms with E-state index in [1.165, 1.54) is 0 Å². The highest BCUT2D eigenvalue weighted by molar-refractivity contribution is 6.17. The fraction of sp³-hybridized carbons (Fsp3) is 0. The Morgan fingerprint density at radius 2 is 0.784 bits per heavy atom. The SMILES string of the molecule is [2H]c1c([2H])c([2H])c(-c2c([2H])c([2H])c([2H])c([2H])c2-n2c3c([2H])c([2H])c(-n4c5c([2H])c([2H])c([2H])c([2H])c5c5c(-n6c7c([2H])c([2H])c([2H])c([2H])c7c7c([2H])c([2H])c([2H])c([2H])c76)c([2H])c([2H])c([2H])c54)cc3c3c([2H])c([2H])c([2H])c([2H])c32)c([2H])c1[2H]. The molecule has 0 spiro atoms. The molecule has 0 bridgehead atoms. The molecule has 0 aliphatic rings. The molecule has 3 heterocycles. The molecule has 3 nitrogen and oxygen atoms in total. The van der Waals surface area contributed by atoms with Gasteiger partial charge in [0.15, 0.2) is 0 Å². The average molecular weight is 680 g/mol. The van der Waals surface area contributed by atoms with E-state index in [1.54, 1.807) is 0 Å². The number of hydrogen-bond acceptors (Lipinski definition) is 0. The lowest BCUT2D eigenvalue weighted by Gasteiger charge is -2.14. The molecule has 0 atom stereocenters. The summed E-state index contributed by atoms with van der Waals surface area (Å²) in [5.74, 6) is 0. The number of para-hydroxylation sites is 5. The quantitative estimate of drug-likeness (QED) is 0.176. The van der Waals surface area contributed by atoms with Gasteiger partial charge in [-0.05, 0) is 66.0 Å². The summed E-state index contributed by atoms with van der Waals surface area (Å²) < 4.78 is 274. The zero-order chi connectivity index (χ0) is 59.6. The van der Waals surface area contributed by atoms with E-state index in [0.717, 1.165) is 19.8 Å². The Morgan fingerprint density at radius 3 is 1.47 bits per heavy atom. The molecule has 0 fully saturated rings. The molecule has 0 aliphatic heterocycles. The van der Waals surface area contributed by atoms with Crippen LogP contribution in [0.1, 0.15) is 41.1 Å². The molecule has 0 saturated heterocycles. The third kappa shape index (κ3) is 4.00. The van der Waals surface area contributed by atoms with E-state index in [4.69, 9.17) is 24.7 Å². The van der Waals surface area contributed by atoms with Gasteiger partial charge >= 0.3 is 0 Å². The third-order valence-electron chi connectivity index (χ3n) is 8.57. The topological polar surface area (TPSA) is 14.8 Å². The Bertz CT molecular complexity index is 4770. The second-order valence-corrected chi connectivity index (χ2v) is 11.1. The molecule has 0 N–H and O–H groups in total. The van der Waals surface area contributed by atoms with E-state index in [1.807, 2.05) is 0 Å². The van der Waals surface area contributed by atoms with E-state index >= 15 is 0 Å². The molecule has 0 aliphatic carbocycles. The van der Waals surface area contributed by atoms with Crippen LogP contribution in [0, 0.1) is 0 Å². The van der Waals surface area contributed by atoms with Crippen LogP contribution in [0.5, 0.6) is 0 Å². The van der Waals surface area contributed by atoms with Gasteiger partial charge in [0.25, 0.3) is 0 Å². The fourth-order valence-electron chi connectivity index (χ4n) is 6.56. The Kier molecular flexibility index (Phi) is 2.47. The molecule has 0 saturated carbocycles. The van der Waals surface area contributed by atoms with Crippen LogP contribution in [0.15, 0.2) is 187 Å². The van der Waals surface area contributed by atoms with Crippen molar-refractivity contribution in [2.75, 3.05) is 0 Å². The highest BCUT2D eigenvalue weighted by Gasteiger charge is 2.21. The molecule has 238 valence electrons. The number of rotatable bonds is 4. The molecule has 0 amide bonds. The first kappa shape index (κ1) is 11.6. The Balaban J connectivity index is 1.42. The molecular weight excluding hydrogens is 619 g/mol. The van der Waals surface area contributed by atoms with E-state index < -0.39 is 275 Å². The smallest absolute Gasteiger partial charge is 0.0646 e. The number of benzene rings is 8. The zero-order valence-electron chi connectivity index (χ0n) is 55.4. The summed E-state index contributed by atoms with van der Waals surface area (Å²) in [5, 5.41) is -3.13. The van der Waals surface area contributed by atoms with Crippen LogP contribution in [0.4, 0.5) is 0 Å². The lowest BCUT2D eigenvalue weighted by Crippen LogP contribution is -1.98. The number of aromatic nitrogens is 3. The third-order valence-corrected chi connectivity index (χ3v) is 8.57. The van der Waals surface area contributed by atoms with Crippen LogP contribution in [-0.4, -0.2) is 13.7 Å². The normalized spacial score (nSPS) is 20.2. The van der Waals surface area contributed by atoms with Crippen LogP contribution >= 0.6 is 0 Å². The summed E-state index contributed by atoms with van der Waals surface area (Å²) in [7, 11) is 0. The van der Waals surface area contributed by atoms with Crippen molar-refractivity contribution < 1.29 is 41.1 Å². The maximum absolute atomic E-state index is 9.89. The predicted octanol–water partition coefficient (Wildman–Crippen LogP) is 12.6. The molecule has 8 aromatic carbocycles. The summed E-state index contributed by atoms with van der Waals surface area (Å²) >= 11 is 0. The molecule has 11 rings (SSSR count). The molecule has 11 aromatic rings. The van der Waals surface area contributed by atoms with Crippen LogP contribution in [0.3, 0.4) is 0 Å². The van der Waals surface area contributed by atoms with Gasteiger partial charge in [-0.3, -0.25) is 0 Å². The zero-order valence-corrected chi connectivity index (χ0v) is 25.4. The van der Waals surface area contributed by atoms with Crippen molar-refractivity contribution in [3.05, 3.63) is 187 Å². The first-order valence-corrected chi connectivity index (χ1v) is 15.1. The first-order valence-electron chi connectivity index (χ1n) is 30.1. The summed E-state index contributed by atoms with van der Waals surface area (Å²) in [6.07, 6.45) is 0. The van der Waals surface area contributed by atoms with E-state index in [2.05, 4.69) is 0 Å². The lowest BCUT2D eigenvalue weighted by molar-refractivity contribution is 1.16. The molecule has 3 aromatic heterocycles. The Morgan fingerprint density at radius 1 is 0.314 bits per heavy atom. The van der Waals surface area contributed by atoms with Crippen LogP contribution < -0.4 is 0 Å². The summed E-state index contributed by atoms with van der Waals surface area (Å²) in [5.41, 5.74) is -7.49. The van der Waals surface area contributed by atoms with Crippen molar-refractivity contribution in [3.8, 4) is 28.2 Å². The highest BCUT2D eigenvalue weighted by atomic mass is 15.0. The van der Waals surface area contributed by atoms with Crippen molar-refractivity contribution in [1.29, 1.82) is 0 Å². The van der Waals surface area contributed by atoms with E-state index in [9.17, 15) is 16.4 Å². The van der Waals surface area contributed by atoms with Gasteiger partial charge in [0.1, 0.15) is 0 Å². The van der Waals surface area contributed by atoms with Gasteiger partial charge in [-0.2, -0.15) is 0 Å². The maximum atomic E-state index is 9.89. The molecule has 0 radical (unpaired) electrons. The van der Waals surface area contributed by atoms with Gasteiger partial charge < -0.3 is 13.7 Å². The molecule has 3 heteroatoms. The van der Waals surface area contributed by atoms with Crippen LogP contribution in [0.2, 0.25) is 0 Å². The van der Waals surface area contributed by atoms with Crippen LogP contribution in [0.25, 0.3) is 93.6 Å². The second kappa shape index (κ2) is 10.8. The van der Waals surface area contributed by atoms with Crippen molar-refractivity contribution in [1.82, 2.24) is 13.7 Å². The van der Waals surface area contributed by atoms with Crippen LogP contribution in [-0.2, 0) is 0 Å². The highest BCUT2D eigenvalue weighted by Crippen LogP contribution is 2.42. The van der Waals surface area contributed by atoms with Gasteiger partial charge in [0, 0.05) is 43.6 Å². The molecule has 51 heavy (non-hydrogen) atoms. The monoisotopic (exact) mass is 679 g/mol. The van der Waals surface area contributed by atoms with E-state index in [0.29, 0.717) is 0 Å². The second-order valence-electron chi connectivity index (χ2n) is 11.1. The molecule has 0 unspecified atom stereocenters. The van der Waals surface area contributed by atoms with Gasteiger partial charge in [-0.25, -0.2) is 0 Å². The average Bonchev–Trinajstić information content (AvgIpc) is 4.22. The summed E-state index contributed by atoms with van der Waals surface area (Å²) in [6, 6.07) is -26.7. The van der Waals surface area contributed by atoms with Gasteiger partial charge in [-0.1, -0.05) is 127 Å². The lowest BCUT2D eigenvalue weighted by atomic mass is 10.0. The number of nitrogens with zero attached hydrogens (tertiary/aromatic N) is 3. The first-order chi connectivity index (χ1) is 37.8. The number of hydrogen-bond donors (Lipinski definition) is 0. The fourth-order valence-corrected chi connectivity index (χ4v) is 6.56. The van der Waals surface area contributed by atoms with Gasteiger partial charge in [-0.15, -0.1) is 0 Å². The standard InChI is InChI=1S/C48H31N3/c1-2-15-32(16-3-1)34-17-4-9-22-40(34)50-43-25-12-7-20-37(43)39-31-33(29-30-45(39)50)49-44-26-13-8-21-38(44)48-46(49)27-14-28-47(48)51-41-23-10-5-18-35(41)36-19-6-11-24-42(36)51/h1-31H/i1D,2D,3D,4D,5D,6D,7D,8D,9D,10D,11D,12D,13D,14D,15D,16D,17D,18D,19D,20D,21D,22D,23D,24D,25D,26D,27D,28D,29D,30D. The summed E-state index contributed by atoms with van der Waals surface area (Å²) in [6.45, 7) is 0. The minimum Gasteiger partial charge on any atom is -0.309 e. The summed E-state index contributed by atoms with van der Waals surface area (Å²) in [4.78, 5) is 0. The van der Waals surface area contributed by atoms with Crippen molar-refractivity contribution >= 4 is 65.4 Å². The van der Waals surface area contributed by atoms with Crippen molar-refractivity contribution in [2.45, 2.75) is 0 Å². The largest absolute Gasteiger partial charge is 0.309 e.